The van der Waals surface area contributed by atoms with Crippen LogP contribution in [-0.2, 0) is 4.74 Å². The van der Waals surface area contributed by atoms with Crippen LogP contribution in [0.1, 0.15) is 10.6 Å². The van der Waals surface area contributed by atoms with Crippen LogP contribution in [0.3, 0.4) is 0 Å². The normalized spacial score (nSPS) is 11.2. The van der Waals surface area contributed by atoms with Gasteiger partial charge in [-0.1, -0.05) is 36.4 Å². The quantitative estimate of drug-likeness (QED) is 0.698. The molecule has 1 aromatic heterocycles. The minimum absolute atomic E-state index is 0.0358. The molecule has 0 aliphatic rings. The monoisotopic (exact) mass is 362 g/mol. The molecule has 134 valence electrons. The van der Waals surface area contributed by atoms with Crippen molar-refractivity contribution in [1.29, 1.82) is 0 Å². The molecule has 5 nitrogen and oxygen atoms in total. The first-order valence-corrected chi connectivity index (χ1v) is 7.46. The van der Waals surface area contributed by atoms with Crippen LogP contribution >= 0.6 is 0 Å². The standard InChI is InChI=1S/C18H13F3N2O3/c1-25-17(24)16-22-10-14(23-16)12-6-4-5-11(9-12)13-7-2-3-8-15(13)26-18(19,20)21/h2-10H,1H3,(H,22,23). The smallest absolute Gasteiger partial charge is 0.463 e. The van der Waals surface area contributed by atoms with E-state index < -0.39 is 12.3 Å². The summed E-state index contributed by atoms with van der Waals surface area (Å²) in [4.78, 5) is 18.2. The van der Waals surface area contributed by atoms with Gasteiger partial charge in [0.1, 0.15) is 5.75 Å². The lowest BCUT2D eigenvalue weighted by Crippen LogP contribution is -2.17. The fourth-order valence-corrected chi connectivity index (χ4v) is 2.44. The highest BCUT2D eigenvalue weighted by molar-refractivity contribution is 5.86. The average Bonchev–Trinajstić information content (AvgIpc) is 3.10. The molecule has 0 unspecified atom stereocenters. The molecule has 0 radical (unpaired) electrons. The molecule has 3 aromatic rings. The molecule has 0 aliphatic heterocycles. The van der Waals surface area contributed by atoms with Crippen molar-refractivity contribution in [2.45, 2.75) is 6.36 Å². The Balaban J connectivity index is 1.98. The topological polar surface area (TPSA) is 64.2 Å². The largest absolute Gasteiger partial charge is 0.573 e. The second-order valence-electron chi connectivity index (χ2n) is 5.26. The molecule has 0 amide bonds. The minimum Gasteiger partial charge on any atom is -0.463 e. The molecule has 0 bridgehead atoms. The number of aromatic nitrogens is 2. The van der Waals surface area contributed by atoms with Gasteiger partial charge in [-0.15, -0.1) is 13.2 Å². The number of carbonyl (C=O) groups is 1. The van der Waals surface area contributed by atoms with Crippen LogP contribution in [0.25, 0.3) is 22.4 Å². The van der Waals surface area contributed by atoms with Crippen LogP contribution in [0.15, 0.2) is 54.7 Å². The Kier molecular flexibility index (Phi) is 4.66. The number of ether oxygens (including phenoxy) is 2. The SMILES string of the molecule is COC(=O)c1ncc(-c2cccc(-c3ccccc3OC(F)(F)F)c2)[nH]1. The van der Waals surface area contributed by atoms with Crippen LogP contribution < -0.4 is 4.74 Å². The molecule has 1 N–H and O–H groups in total. The van der Waals surface area contributed by atoms with Crippen molar-refractivity contribution in [2.75, 3.05) is 7.11 Å². The third kappa shape index (κ3) is 3.85. The summed E-state index contributed by atoms with van der Waals surface area (Å²) >= 11 is 0. The fraction of sp³-hybridized carbons (Fsp3) is 0.111. The maximum Gasteiger partial charge on any atom is 0.573 e. The maximum atomic E-state index is 12.6. The summed E-state index contributed by atoms with van der Waals surface area (Å²) in [6.07, 6.45) is -3.34. The van der Waals surface area contributed by atoms with Crippen molar-refractivity contribution in [3.05, 3.63) is 60.6 Å². The van der Waals surface area contributed by atoms with E-state index in [-0.39, 0.29) is 11.6 Å². The van der Waals surface area contributed by atoms with Crippen molar-refractivity contribution >= 4 is 5.97 Å². The van der Waals surface area contributed by atoms with Crippen LogP contribution in [0, 0.1) is 0 Å². The van der Waals surface area contributed by atoms with E-state index in [0.29, 0.717) is 22.4 Å². The van der Waals surface area contributed by atoms with E-state index in [0.717, 1.165) is 0 Å². The zero-order valence-corrected chi connectivity index (χ0v) is 13.5. The minimum atomic E-state index is -4.79. The number of esters is 1. The Hall–Kier alpha value is -3.29. The number of alkyl halides is 3. The Morgan fingerprint density at radius 3 is 2.54 bits per heavy atom. The van der Waals surface area contributed by atoms with Gasteiger partial charge in [0, 0.05) is 11.1 Å². The molecule has 0 saturated heterocycles. The van der Waals surface area contributed by atoms with Crippen LogP contribution in [-0.4, -0.2) is 29.4 Å². The Morgan fingerprint density at radius 2 is 1.81 bits per heavy atom. The number of aromatic amines is 1. The molecular weight excluding hydrogens is 349 g/mol. The predicted molar refractivity (Wildman–Crippen MR) is 87.5 cm³/mol. The summed E-state index contributed by atoms with van der Waals surface area (Å²) < 4.78 is 46.5. The first-order chi connectivity index (χ1) is 12.4. The number of para-hydroxylation sites is 1. The number of imidazole rings is 1. The highest BCUT2D eigenvalue weighted by Gasteiger charge is 2.32. The average molecular weight is 362 g/mol. The number of benzene rings is 2. The van der Waals surface area contributed by atoms with Crippen molar-refractivity contribution in [1.82, 2.24) is 9.97 Å². The molecule has 1 heterocycles. The number of H-pyrrole nitrogens is 1. The van der Waals surface area contributed by atoms with Crippen molar-refractivity contribution in [2.24, 2.45) is 0 Å². The molecule has 3 rings (SSSR count). The highest BCUT2D eigenvalue weighted by Crippen LogP contribution is 2.35. The van der Waals surface area contributed by atoms with E-state index >= 15 is 0 Å². The zero-order chi connectivity index (χ0) is 18.7. The molecule has 2 aromatic carbocycles. The van der Waals surface area contributed by atoms with Gasteiger partial charge in [0.2, 0.25) is 5.82 Å². The molecule has 8 heteroatoms. The number of hydrogen-bond acceptors (Lipinski definition) is 4. The Bertz CT molecular complexity index is 935. The fourth-order valence-electron chi connectivity index (χ4n) is 2.44. The van der Waals surface area contributed by atoms with E-state index in [1.54, 1.807) is 30.3 Å². The lowest BCUT2D eigenvalue weighted by Gasteiger charge is -2.13. The summed E-state index contributed by atoms with van der Waals surface area (Å²) in [5.74, 6) is -0.873. The van der Waals surface area contributed by atoms with Gasteiger partial charge in [-0.05, 0) is 17.7 Å². The Morgan fingerprint density at radius 1 is 1.08 bits per heavy atom. The molecule has 26 heavy (non-hydrogen) atoms. The molecule has 0 fully saturated rings. The van der Waals surface area contributed by atoms with E-state index in [1.807, 2.05) is 0 Å². The third-order valence-corrected chi connectivity index (χ3v) is 3.55. The molecule has 0 atom stereocenters. The van der Waals surface area contributed by atoms with Gasteiger partial charge >= 0.3 is 12.3 Å². The van der Waals surface area contributed by atoms with E-state index in [2.05, 4.69) is 19.4 Å². The second kappa shape index (κ2) is 6.91. The first-order valence-electron chi connectivity index (χ1n) is 7.46. The van der Waals surface area contributed by atoms with Gasteiger partial charge in [0.15, 0.2) is 0 Å². The number of nitrogens with zero attached hydrogens (tertiary/aromatic N) is 1. The molecule has 0 spiro atoms. The molecule has 0 aliphatic carbocycles. The third-order valence-electron chi connectivity index (χ3n) is 3.55. The number of hydrogen-bond donors (Lipinski definition) is 1. The summed E-state index contributed by atoms with van der Waals surface area (Å²) in [5, 5.41) is 0. The van der Waals surface area contributed by atoms with Gasteiger partial charge in [-0.2, -0.15) is 0 Å². The zero-order valence-electron chi connectivity index (χ0n) is 13.5. The van der Waals surface area contributed by atoms with Crippen LogP contribution in [0.4, 0.5) is 13.2 Å². The summed E-state index contributed by atoms with van der Waals surface area (Å²) in [5.41, 5.74) is 1.99. The van der Waals surface area contributed by atoms with Crippen LogP contribution in [0.5, 0.6) is 5.75 Å². The first kappa shape index (κ1) is 17.5. The van der Waals surface area contributed by atoms with Crippen molar-refractivity contribution < 1.29 is 27.4 Å². The number of methoxy groups -OCH3 is 1. The number of rotatable bonds is 4. The summed E-state index contributed by atoms with van der Waals surface area (Å²) in [6, 6.07) is 12.6. The molecular formula is C18H13F3N2O3. The number of halogens is 3. The second-order valence-corrected chi connectivity index (χ2v) is 5.26. The van der Waals surface area contributed by atoms with E-state index in [4.69, 9.17) is 0 Å². The number of carbonyl (C=O) groups excluding carboxylic acids is 1. The van der Waals surface area contributed by atoms with Gasteiger partial charge < -0.3 is 14.5 Å². The summed E-state index contributed by atoms with van der Waals surface area (Å²) in [6.45, 7) is 0. The van der Waals surface area contributed by atoms with Crippen LogP contribution in [0.2, 0.25) is 0 Å². The lowest BCUT2D eigenvalue weighted by molar-refractivity contribution is -0.274. The molecule has 0 saturated carbocycles. The number of nitrogens with one attached hydrogen (secondary N) is 1. The van der Waals surface area contributed by atoms with Crippen molar-refractivity contribution in [3.8, 4) is 28.1 Å². The highest BCUT2D eigenvalue weighted by atomic mass is 19.4. The van der Waals surface area contributed by atoms with E-state index in [9.17, 15) is 18.0 Å². The van der Waals surface area contributed by atoms with Gasteiger partial charge in [-0.3, -0.25) is 0 Å². The lowest BCUT2D eigenvalue weighted by atomic mass is 10.0. The predicted octanol–water partition coefficient (Wildman–Crippen LogP) is 4.43. The van der Waals surface area contributed by atoms with Gasteiger partial charge in [0.05, 0.1) is 19.0 Å². The summed E-state index contributed by atoms with van der Waals surface area (Å²) in [7, 11) is 1.24. The Labute approximate surface area is 146 Å². The van der Waals surface area contributed by atoms with E-state index in [1.165, 1.54) is 31.5 Å². The maximum absolute atomic E-state index is 12.6. The van der Waals surface area contributed by atoms with Crippen molar-refractivity contribution in [3.63, 3.8) is 0 Å². The van der Waals surface area contributed by atoms with Gasteiger partial charge in [-0.25, -0.2) is 9.78 Å². The van der Waals surface area contributed by atoms with Gasteiger partial charge in [0.25, 0.3) is 0 Å².